The Morgan fingerprint density at radius 3 is 2.40 bits per heavy atom. The van der Waals surface area contributed by atoms with E-state index in [0.717, 1.165) is 11.6 Å². The van der Waals surface area contributed by atoms with Crippen molar-refractivity contribution in [2.45, 2.75) is 6.92 Å². The third kappa shape index (κ3) is 2.50. The molecule has 0 unspecified atom stereocenters. The number of halogens is 3. The van der Waals surface area contributed by atoms with E-state index in [9.17, 15) is 12.9 Å². The first-order valence-corrected chi connectivity index (χ1v) is 4.26. The Balaban J connectivity index is 0.00000112. The smallest absolute Gasteiger partial charge is 0.445 e. The van der Waals surface area contributed by atoms with Crippen molar-refractivity contribution in [1.29, 1.82) is 0 Å². The molecule has 74 valence electrons. The first kappa shape index (κ1) is 13.3. The third-order valence-electron chi connectivity index (χ3n) is 2.32. The second kappa shape index (κ2) is 4.63. The van der Waals surface area contributed by atoms with Gasteiger partial charge in [0.05, 0.1) is 0 Å². The van der Waals surface area contributed by atoms with Gasteiger partial charge >= 0.3 is 58.4 Å². The summed E-state index contributed by atoms with van der Waals surface area (Å²) in [5, 5.41) is 0.262. The van der Waals surface area contributed by atoms with E-state index in [2.05, 4.69) is 4.98 Å². The van der Waals surface area contributed by atoms with Gasteiger partial charge in [-0.2, -0.15) is 0 Å². The van der Waals surface area contributed by atoms with Crippen molar-refractivity contribution in [3.8, 4) is 0 Å². The Bertz CT molecular complexity index is 478. The van der Waals surface area contributed by atoms with Gasteiger partial charge in [-0.25, -0.2) is 0 Å². The fraction of sp³-hybridized carbons (Fsp3) is 0.111. The average Bonchev–Trinajstić information content (AvgIpc) is 2.50. The van der Waals surface area contributed by atoms with Crippen LogP contribution in [0.3, 0.4) is 0 Å². The molecule has 0 radical (unpaired) electrons. The number of H-pyrrole nitrogens is 1. The summed E-state index contributed by atoms with van der Waals surface area (Å²) in [6.07, 6.45) is 1.53. The molecule has 0 atom stereocenters. The van der Waals surface area contributed by atoms with E-state index in [1.54, 1.807) is 6.92 Å². The van der Waals surface area contributed by atoms with Crippen LogP contribution in [0.5, 0.6) is 0 Å². The summed E-state index contributed by atoms with van der Waals surface area (Å²) in [6, 6.07) is 4.10. The van der Waals surface area contributed by atoms with Gasteiger partial charge in [-0.15, -0.1) is 0 Å². The first-order chi connectivity index (χ1) is 6.50. The summed E-state index contributed by atoms with van der Waals surface area (Å²) >= 11 is 0. The summed E-state index contributed by atoms with van der Waals surface area (Å²) in [7, 11) is 0. The number of rotatable bonds is 1. The summed E-state index contributed by atoms with van der Waals surface area (Å²) in [5.41, 5.74) is 0.877. The van der Waals surface area contributed by atoms with Crippen LogP contribution in [0.4, 0.5) is 12.9 Å². The van der Waals surface area contributed by atoms with E-state index in [4.69, 9.17) is 0 Å². The Morgan fingerprint density at radius 2 is 1.80 bits per heavy atom. The molecule has 0 spiro atoms. The van der Waals surface area contributed by atoms with Crippen molar-refractivity contribution in [2.24, 2.45) is 0 Å². The van der Waals surface area contributed by atoms with Crippen LogP contribution in [0, 0.1) is 6.92 Å². The van der Waals surface area contributed by atoms with Crippen LogP contribution in [-0.2, 0) is 0 Å². The van der Waals surface area contributed by atoms with Crippen LogP contribution < -0.4 is 56.8 Å². The molecule has 1 heterocycles. The van der Waals surface area contributed by atoms with Crippen LogP contribution in [-0.4, -0.2) is 12.0 Å². The van der Waals surface area contributed by atoms with Gasteiger partial charge < -0.3 is 17.9 Å². The summed E-state index contributed by atoms with van der Waals surface area (Å²) < 4.78 is 37.7. The first-order valence-electron chi connectivity index (χ1n) is 4.26. The molecule has 0 bridgehead atoms. The van der Waals surface area contributed by atoms with Gasteiger partial charge in [-0.05, 0) is 23.9 Å². The number of aryl methyl sites for hydroxylation is 1. The summed E-state index contributed by atoms with van der Waals surface area (Å²) in [6.45, 7) is -3.14. The van der Waals surface area contributed by atoms with Crippen molar-refractivity contribution in [2.75, 3.05) is 0 Å². The van der Waals surface area contributed by atoms with Gasteiger partial charge in [0.1, 0.15) is 0 Å². The maximum atomic E-state index is 12.6. The number of fused-ring (bicyclic) bond motifs is 1. The molecular formula is C9H8BF3KN. The molecule has 0 aliphatic carbocycles. The van der Waals surface area contributed by atoms with Crippen LogP contribution in [0.2, 0.25) is 0 Å². The predicted molar refractivity (Wildman–Crippen MR) is 51.7 cm³/mol. The van der Waals surface area contributed by atoms with Crippen LogP contribution >= 0.6 is 0 Å². The molecule has 2 aromatic rings. The molecular weight excluding hydrogens is 229 g/mol. The van der Waals surface area contributed by atoms with Gasteiger partial charge in [-0.1, -0.05) is 17.6 Å². The number of aromatic nitrogens is 1. The SMILES string of the molecule is Cc1ccc([B-](F)(F)F)c2cc[nH]c12.[K+]. The minimum Gasteiger partial charge on any atom is -0.445 e. The quantitative estimate of drug-likeness (QED) is 0.646. The van der Waals surface area contributed by atoms with E-state index >= 15 is 0 Å². The Kier molecular flexibility index (Phi) is 4.11. The monoisotopic (exact) mass is 237 g/mol. The maximum Gasteiger partial charge on any atom is 1.00 e. The van der Waals surface area contributed by atoms with Crippen LogP contribution in [0.15, 0.2) is 24.4 Å². The second-order valence-corrected chi connectivity index (χ2v) is 3.31. The van der Waals surface area contributed by atoms with Gasteiger partial charge in [0, 0.05) is 11.7 Å². The van der Waals surface area contributed by atoms with Gasteiger partial charge in [0.2, 0.25) is 0 Å². The maximum absolute atomic E-state index is 12.6. The Labute approximate surface area is 128 Å². The third-order valence-corrected chi connectivity index (χ3v) is 2.32. The summed E-state index contributed by atoms with van der Waals surface area (Å²) in [4.78, 5) is 2.81. The topological polar surface area (TPSA) is 15.8 Å². The molecule has 0 saturated carbocycles. The van der Waals surface area contributed by atoms with Crippen molar-refractivity contribution < 1.29 is 64.3 Å². The van der Waals surface area contributed by atoms with Crippen LogP contribution in [0.25, 0.3) is 10.9 Å². The summed E-state index contributed by atoms with van der Waals surface area (Å²) in [5.74, 6) is 0. The number of nitrogens with one attached hydrogen (secondary N) is 1. The van der Waals surface area contributed by atoms with Crippen molar-refractivity contribution in [3.05, 3.63) is 30.0 Å². The van der Waals surface area contributed by atoms with E-state index in [-0.39, 0.29) is 56.8 Å². The van der Waals surface area contributed by atoms with Crippen molar-refractivity contribution in [1.82, 2.24) is 4.98 Å². The van der Waals surface area contributed by atoms with Crippen LogP contribution in [0.1, 0.15) is 5.56 Å². The zero-order valence-corrected chi connectivity index (χ0v) is 11.6. The molecule has 1 nitrogen and oxygen atoms in total. The van der Waals surface area contributed by atoms with Gasteiger partial charge in [0.15, 0.2) is 0 Å². The van der Waals surface area contributed by atoms with Crippen molar-refractivity contribution >= 4 is 23.3 Å². The average molecular weight is 237 g/mol. The molecule has 0 aliphatic heterocycles. The molecule has 6 heteroatoms. The van der Waals surface area contributed by atoms with Gasteiger partial charge in [-0.3, -0.25) is 0 Å². The normalized spacial score (nSPS) is 11.5. The van der Waals surface area contributed by atoms with Crippen molar-refractivity contribution in [3.63, 3.8) is 0 Å². The molecule has 0 saturated heterocycles. The fourth-order valence-electron chi connectivity index (χ4n) is 1.61. The van der Waals surface area contributed by atoms with Gasteiger partial charge in [0.25, 0.3) is 0 Å². The number of hydrogen-bond donors (Lipinski definition) is 1. The fourth-order valence-corrected chi connectivity index (χ4v) is 1.61. The second-order valence-electron chi connectivity index (χ2n) is 3.31. The predicted octanol–water partition coefficient (Wildman–Crippen LogP) is -0.465. The molecule has 0 fully saturated rings. The Hall–Kier alpha value is 0.251. The number of hydrogen-bond acceptors (Lipinski definition) is 0. The zero-order valence-electron chi connectivity index (χ0n) is 8.52. The van der Waals surface area contributed by atoms with E-state index < -0.39 is 12.4 Å². The number of benzene rings is 1. The van der Waals surface area contributed by atoms with E-state index in [0.29, 0.717) is 5.52 Å². The van der Waals surface area contributed by atoms with E-state index in [1.807, 2.05) is 0 Å². The molecule has 1 N–H and O–H groups in total. The Morgan fingerprint density at radius 1 is 1.13 bits per heavy atom. The molecule has 0 amide bonds. The minimum atomic E-state index is -4.92. The molecule has 15 heavy (non-hydrogen) atoms. The molecule has 2 rings (SSSR count). The molecule has 1 aromatic carbocycles. The molecule has 0 aliphatic rings. The molecule has 1 aromatic heterocycles. The largest absolute Gasteiger partial charge is 1.00 e. The number of aromatic amines is 1. The standard InChI is InChI=1S/C9H8BF3N.K/c1-6-2-3-8(10(11,12)13)7-4-5-14-9(6)7;/h2-5,14H,1H3;/q-1;+1. The minimum absolute atomic E-state index is 0. The zero-order chi connectivity index (χ0) is 10.3. The van der Waals surface area contributed by atoms with E-state index in [1.165, 1.54) is 18.3 Å².